The molecule has 2 aromatic rings. The highest BCUT2D eigenvalue weighted by Crippen LogP contribution is 2.30. The molecule has 0 fully saturated rings. The third kappa shape index (κ3) is 3.16. The number of hydrogen-bond donors (Lipinski definition) is 1. The Kier molecular flexibility index (Phi) is 4.24. The predicted molar refractivity (Wildman–Crippen MR) is 78.0 cm³/mol. The Morgan fingerprint density at radius 2 is 2.11 bits per heavy atom. The first kappa shape index (κ1) is 13.6. The molecule has 2 N–H and O–H groups in total. The number of hydrogen-bond acceptors (Lipinski definition) is 4. The van der Waals surface area contributed by atoms with Crippen LogP contribution < -0.4 is 15.4 Å². The molecular weight excluding hydrogens is 262 g/mol. The number of halogens is 1. The fourth-order valence-electron chi connectivity index (χ4n) is 1.63. The van der Waals surface area contributed by atoms with Crippen LogP contribution >= 0.6 is 11.6 Å². The summed E-state index contributed by atoms with van der Waals surface area (Å²) in [7, 11) is 3.94. The van der Waals surface area contributed by atoms with E-state index in [2.05, 4.69) is 4.98 Å². The Balaban J connectivity index is 2.28. The van der Waals surface area contributed by atoms with E-state index in [4.69, 9.17) is 22.1 Å². The molecule has 0 radical (unpaired) electrons. The predicted octanol–water partition coefficient (Wildman–Crippen LogP) is 3.05. The van der Waals surface area contributed by atoms with E-state index in [0.29, 0.717) is 23.2 Å². The minimum atomic E-state index is 0.357. The fourth-order valence-corrected chi connectivity index (χ4v) is 1.86. The van der Waals surface area contributed by atoms with Gasteiger partial charge in [0.15, 0.2) is 0 Å². The summed E-state index contributed by atoms with van der Waals surface area (Å²) >= 11 is 6.18. The number of nitrogens with two attached hydrogens (primary N) is 1. The zero-order chi connectivity index (χ0) is 13.8. The van der Waals surface area contributed by atoms with Crippen LogP contribution in [0.4, 0.5) is 5.69 Å². The van der Waals surface area contributed by atoms with Crippen molar-refractivity contribution in [2.24, 2.45) is 5.73 Å². The highest BCUT2D eigenvalue weighted by Gasteiger charge is 2.09. The summed E-state index contributed by atoms with van der Waals surface area (Å²) in [4.78, 5) is 6.13. The molecule has 0 aliphatic carbocycles. The number of ether oxygens (including phenoxy) is 1. The van der Waals surface area contributed by atoms with Crippen molar-refractivity contribution < 1.29 is 4.74 Å². The van der Waals surface area contributed by atoms with Crippen molar-refractivity contribution in [3.8, 4) is 11.6 Å². The molecular formula is C14H16ClN3O. The molecule has 0 saturated carbocycles. The molecule has 0 amide bonds. The van der Waals surface area contributed by atoms with E-state index in [1.165, 1.54) is 0 Å². The van der Waals surface area contributed by atoms with Gasteiger partial charge in [-0.15, -0.1) is 0 Å². The van der Waals surface area contributed by atoms with Crippen LogP contribution in [-0.4, -0.2) is 19.1 Å². The second-order valence-corrected chi connectivity index (χ2v) is 4.67. The van der Waals surface area contributed by atoms with Gasteiger partial charge >= 0.3 is 0 Å². The lowest BCUT2D eigenvalue weighted by Crippen LogP contribution is -2.08. The smallest absolute Gasteiger partial charge is 0.238 e. The lowest BCUT2D eigenvalue weighted by molar-refractivity contribution is 0.462. The summed E-state index contributed by atoms with van der Waals surface area (Å²) in [5.74, 6) is 1.07. The van der Waals surface area contributed by atoms with Crippen LogP contribution in [-0.2, 0) is 6.54 Å². The van der Waals surface area contributed by atoms with Gasteiger partial charge in [0.2, 0.25) is 5.88 Å². The first-order valence-corrected chi connectivity index (χ1v) is 6.28. The largest absolute Gasteiger partial charge is 0.437 e. The van der Waals surface area contributed by atoms with Crippen molar-refractivity contribution in [1.82, 2.24) is 4.98 Å². The lowest BCUT2D eigenvalue weighted by Gasteiger charge is -2.14. The first-order chi connectivity index (χ1) is 9.11. The van der Waals surface area contributed by atoms with E-state index in [0.717, 1.165) is 11.3 Å². The molecule has 1 aromatic heterocycles. The fraction of sp³-hybridized carbons (Fsp3) is 0.214. The number of rotatable bonds is 4. The number of anilines is 1. The van der Waals surface area contributed by atoms with Gasteiger partial charge < -0.3 is 15.4 Å². The van der Waals surface area contributed by atoms with E-state index >= 15 is 0 Å². The van der Waals surface area contributed by atoms with Crippen molar-refractivity contribution in [2.45, 2.75) is 6.54 Å². The second kappa shape index (κ2) is 5.91. The van der Waals surface area contributed by atoms with Gasteiger partial charge in [0, 0.05) is 38.6 Å². The van der Waals surface area contributed by atoms with Crippen LogP contribution in [0.1, 0.15) is 5.56 Å². The molecule has 0 unspecified atom stereocenters. The lowest BCUT2D eigenvalue weighted by atomic mass is 10.2. The van der Waals surface area contributed by atoms with E-state index in [-0.39, 0.29) is 0 Å². The van der Waals surface area contributed by atoms with Gasteiger partial charge in [0.05, 0.1) is 0 Å². The van der Waals surface area contributed by atoms with Crippen LogP contribution in [0.5, 0.6) is 11.6 Å². The van der Waals surface area contributed by atoms with Gasteiger partial charge in [-0.25, -0.2) is 4.98 Å². The quantitative estimate of drug-likeness (QED) is 0.933. The summed E-state index contributed by atoms with van der Waals surface area (Å²) in [5, 5.41) is 0.459. The molecule has 100 valence electrons. The highest BCUT2D eigenvalue weighted by molar-refractivity contribution is 6.32. The Morgan fingerprint density at radius 3 is 2.79 bits per heavy atom. The van der Waals surface area contributed by atoms with Gasteiger partial charge in [-0.2, -0.15) is 0 Å². The van der Waals surface area contributed by atoms with Gasteiger partial charge in [-0.3, -0.25) is 0 Å². The van der Waals surface area contributed by atoms with Crippen LogP contribution in [0.25, 0.3) is 0 Å². The van der Waals surface area contributed by atoms with Gasteiger partial charge in [-0.1, -0.05) is 17.7 Å². The van der Waals surface area contributed by atoms with Crippen molar-refractivity contribution in [3.05, 3.63) is 47.1 Å². The van der Waals surface area contributed by atoms with Gasteiger partial charge in [0.25, 0.3) is 0 Å². The van der Waals surface area contributed by atoms with E-state index in [1.54, 1.807) is 12.3 Å². The Labute approximate surface area is 117 Å². The van der Waals surface area contributed by atoms with Crippen LogP contribution in [0, 0.1) is 0 Å². The molecule has 0 spiro atoms. The molecule has 4 nitrogen and oxygen atoms in total. The van der Waals surface area contributed by atoms with Crippen molar-refractivity contribution in [1.29, 1.82) is 0 Å². The minimum Gasteiger partial charge on any atom is -0.437 e. The number of nitrogens with zero attached hydrogens (tertiary/aromatic N) is 2. The van der Waals surface area contributed by atoms with Gasteiger partial charge in [-0.05, 0) is 23.8 Å². The number of aromatic nitrogens is 1. The number of benzene rings is 1. The van der Waals surface area contributed by atoms with E-state index in [9.17, 15) is 0 Å². The van der Waals surface area contributed by atoms with E-state index in [1.807, 2.05) is 43.3 Å². The SMILES string of the molecule is CN(C)c1cccc(Oc2nccc(CN)c2Cl)c1. The molecule has 1 heterocycles. The third-order valence-electron chi connectivity index (χ3n) is 2.71. The Hall–Kier alpha value is -1.78. The average Bonchev–Trinajstić information content (AvgIpc) is 2.41. The van der Waals surface area contributed by atoms with E-state index < -0.39 is 0 Å². The van der Waals surface area contributed by atoms with Crippen LogP contribution in [0.15, 0.2) is 36.5 Å². The Bertz CT molecular complexity index is 572. The molecule has 1 aromatic carbocycles. The molecule has 5 heteroatoms. The highest BCUT2D eigenvalue weighted by atomic mass is 35.5. The molecule has 19 heavy (non-hydrogen) atoms. The molecule has 0 aliphatic rings. The summed E-state index contributed by atoms with van der Waals surface area (Å²) < 4.78 is 5.72. The minimum absolute atomic E-state index is 0.357. The molecule has 0 saturated heterocycles. The van der Waals surface area contributed by atoms with Crippen molar-refractivity contribution in [2.75, 3.05) is 19.0 Å². The van der Waals surface area contributed by atoms with Crippen molar-refractivity contribution >= 4 is 17.3 Å². The van der Waals surface area contributed by atoms with Crippen molar-refractivity contribution in [3.63, 3.8) is 0 Å². The van der Waals surface area contributed by atoms with Crippen LogP contribution in [0.2, 0.25) is 5.02 Å². The van der Waals surface area contributed by atoms with Gasteiger partial charge in [0.1, 0.15) is 10.8 Å². The maximum absolute atomic E-state index is 6.18. The third-order valence-corrected chi connectivity index (χ3v) is 3.11. The Morgan fingerprint density at radius 1 is 1.32 bits per heavy atom. The summed E-state index contributed by atoms with van der Waals surface area (Å²) in [6.07, 6.45) is 1.64. The molecule has 0 atom stereocenters. The van der Waals surface area contributed by atoms with Crippen LogP contribution in [0.3, 0.4) is 0 Å². The molecule has 0 bridgehead atoms. The summed E-state index contributed by atoms with van der Waals surface area (Å²) in [5.41, 5.74) is 7.46. The first-order valence-electron chi connectivity index (χ1n) is 5.90. The normalized spacial score (nSPS) is 10.3. The maximum Gasteiger partial charge on any atom is 0.238 e. The maximum atomic E-state index is 6.18. The summed E-state index contributed by atoms with van der Waals surface area (Å²) in [6, 6.07) is 9.49. The second-order valence-electron chi connectivity index (χ2n) is 4.29. The zero-order valence-corrected chi connectivity index (χ0v) is 11.7. The monoisotopic (exact) mass is 277 g/mol. The number of pyridine rings is 1. The average molecular weight is 278 g/mol. The topological polar surface area (TPSA) is 51.4 Å². The molecule has 2 rings (SSSR count). The zero-order valence-electron chi connectivity index (χ0n) is 10.9. The standard InChI is InChI=1S/C14H16ClN3O/c1-18(2)11-4-3-5-12(8-11)19-14-13(15)10(9-16)6-7-17-14/h3-8H,9,16H2,1-2H3. The molecule has 0 aliphatic heterocycles. The summed E-state index contributed by atoms with van der Waals surface area (Å²) in [6.45, 7) is 0.357.